The quantitative estimate of drug-likeness (QED) is 0.458. The van der Waals surface area contributed by atoms with Gasteiger partial charge in [0, 0.05) is 18.1 Å². The van der Waals surface area contributed by atoms with Crippen molar-refractivity contribution in [1.82, 2.24) is 0 Å². The predicted octanol–water partition coefficient (Wildman–Crippen LogP) is 2.81. The lowest BCUT2D eigenvalue weighted by Gasteiger charge is -2.34. The van der Waals surface area contributed by atoms with Crippen LogP contribution in [0.15, 0.2) is 30.9 Å². The summed E-state index contributed by atoms with van der Waals surface area (Å²) >= 11 is 0. The van der Waals surface area contributed by atoms with Crippen LogP contribution in [0.4, 0.5) is 0 Å². The van der Waals surface area contributed by atoms with Gasteiger partial charge in [0.05, 0.1) is 14.2 Å². The van der Waals surface area contributed by atoms with Gasteiger partial charge in [-0.3, -0.25) is 9.59 Å². The Morgan fingerprint density at radius 3 is 2.70 bits per heavy atom. The third kappa shape index (κ3) is 3.09. The van der Waals surface area contributed by atoms with E-state index >= 15 is 0 Å². The molecule has 0 bridgehead atoms. The van der Waals surface area contributed by atoms with Crippen LogP contribution >= 0.6 is 0 Å². The van der Waals surface area contributed by atoms with Crippen LogP contribution < -0.4 is 9.47 Å². The number of ether oxygens (including phenoxy) is 3. The lowest BCUT2D eigenvalue weighted by Crippen LogP contribution is -2.47. The minimum absolute atomic E-state index is 0.0757. The first-order valence-corrected chi connectivity index (χ1v) is 7.64. The van der Waals surface area contributed by atoms with Crippen molar-refractivity contribution in [3.8, 4) is 11.5 Å². The zero-order valence-electron chi connectivity index (χ0n) is 13.6. The zero-order chi connectivity index (χ0) is 16.9. The average Bonchev–Trinajstić information content (AvgIpc) is 2.59. The van der Waals surface area contributed by atoms with E-state index in [1.54, 1.807) is 25.3 Å². The Kier molecular flexibility index (Phi) is 5.42. The van der Waals surface area contributed by atoms with E-state index in [1.807, 2.05) is 0 Å². The molecular formula is C18H22O5. The number of esters is 1. The Balaban J connectivity index is 2.55. The topological polar surface area (TPSA) is 61.8 Å². The van der Waals surface area contributed by atoms with Gasteiger partial charge in [0.15, 0.2) is 11.2 Å². The highest BCUT2D eigenvalue weighted by Crippen LogP contribution is 2.43. The monoisotopic (exact) mass is 318 g/mol. The molecule has 5 heteroatoms. The number of Topliss-reactive ketones (excluding diaryl/α,β-unsaturated/α-hetero) is 1. The van der Waals surface area contributed by atoms with Crippen molar-refractivity contribution in [1.29, 1.82) is 0 Å². The average molecular weight is 318 g/mol. The number of rotatable bonds is 6. The van der Waals surface area contributed by atoms with Crippen molar-refractivity contribution >= 4 is 11.8 Å². The number of ketones is 1. The standard InChI is InChI=1S/C18H22O5/c1-4-11-23-17(20)18(10-6-5-7-16(18)19)14-9-8-13(21-2)12-15(14)22-3/h4,8-9,12H,1,5-7,10-11H2,2-3H3. The first-order valence-electron chi connectivity index (χ1n) is 7.64. The molecule has 5 nitrogen and oxygen atoms in total. The van der Waals surface area contributed by atoms with E-state index < -0.39 is 11.4 Å². The molecule has 1 unspecified atom stereocenters. The predicted molar refractivity (Wildman–Crippen MR) is 85.9 cm³/mol. The fraction of sp³-hybridized carbons (Fsp3) is 0.444. The molecule has 2 rings (SSSR count). The summed E-state index contributed by atoms with van der Waals surface area (Å²) in [7, 11) is 3.06. The Bertz CT molecular complexity index is 607. The van der Waals surface area contributed by atoms with Gasteiger partial charge in [-0.05, 0) is 18.9 Å². The summed E-state index contributed by atoms with van der Waals surface area (Å²) in [5, 5.41) is 0. The second kappa shape index (κ2) is 7.31. The van der Waals surface area contributed by atoms with Gasteiger partial charge in [-0.2, -0.15) is 0 Å². The largest absolute Gasteiger partial charge is 0.497 e. The zero-order valence-corrected chi connectivity index (χ0v) is 13.6. The highest BCUT2D eigenvalue weighted by atomic mass is 16.5. The second-order valence-electron chi connectivity index (χ2n) is 5.49. The molecule has 1 saturated carbocycles. The summed E-state index contributed by atoms with van der Waals surface area (Å²) in [5.41, 5.74) is -0.765. The van der Waals surface area contributed by atoms with E-state index in [0.29, 0.717) is 29.9 Å². The van der Waals surface area contributed by atoms with Crippen molar-refractivity contribution in [3.63, 3.8) is 0 Å². The molecule has 0 saturated heterocycles. The van der Waals surface area contributed by atoms with Crippen molar-refractivity contribution in [2.24, 2.45) is 0 Å². The van der Waals surface area contributed by atoms with Crippen LogP contribution in [0.1, 0.15) is 31.2 Å². The molecule has 0 radical (unpaired) electrons. The van der Waals surface area contributed by atoms with Crippen LogP contribution in [0.25, 0.3) is 0 Å². The van der Waals surface area contributed by atoms with Crippen LogP contribution in [-0.4, -0.2) is 32.6 Å². The first kappa shape index (κ1) is 17.1. The maximum atomic E-state index is 12.7. The summed E-state index contributed by atoms with van der Waals surface area (Å²) in [5.74, 6) is 0.394. The minimum atomic E-state index is -1.31. The van der Waals surface area contributed by atoms with Gasteiger partial charge < -0.3 is 14.2 Å². The van der Waals surface area contributed by atoms with Gasteiger partial charge >= 0.3 is 5.97 Å². The first-order chi connectivity index (χ1) is 11.1. The number of carbonyl (C=O) groups is 2. The maximum Gasteiger partial charge on any atom is 0.324 e. The third-order valence-corrected chi connectivity index (χ3v) is 4.23. The van der Waals surface area contributed by atoms with Gasteiger partial charge in [-0.25, -0.2) is 0 Å². The van der Waals surface area contributed by atoms with Crippen LogP contribution in [0.3, 0.4) is 0 Å². The molecule has 0 aliphatic heterocycles. The molecule has 0 spiro atoms. The van der Waals surface area contributed by atoms with Crippen LogP contribution in [0, 0.1) is 0 Å². The number of hydrogen-bond donors (Lipinski definition) is 0. The molecule has 1 atom stereocenters. The van der Waals surface area contributed by atoms with Gasteiger partial charge in [0.1, 0.15) is 18.1 Å². The van der Waals surface area contributed by atoms with E-state index in [1.165, 1.54) is 13.2 Å². The third-order valence-electron chi connectivity index (χ3n) is 4.23. The fourth-order valence-electron chi connectivity index (χ4n) is 3.05. The second-order valence-corrected chi connectivity index (χ2v) is 5.49. The molecule has 1 fully saturated rings. The van der Waals surface area contributed by atoms with E-state index in [2.05, 4.69) is 6.58 Å². The smallest absolute Gasteiger partial charge is 0.324 e. The molecule has 23 heavy (non-hydrogen) atoms. The van der Waals surface area contributed by atoms with Crippen LogP contribution in [0.2, 0.25) is 0 Å². The van der Waals surface area contributed by atoms with Crippen LogP contribution in [-0.2, 0) is 19.7 Å². The van der Waals surface area contributed by atoms with Gasteiger partial charge in [0.25, 0.3) is 0 Å². The Morgan fingerprint density at radius 2 is 2.09 bits per heavy atom. The van der Waals surface area contributed by atoms with E-state index in [4.69, 9.17) is 14.2 Å². The molecule has 124 valence electrons. The lowest BCUT2D eigenvalue weighted by molar-refractivity contribution is -0.155. The van der Waals surface area contributed by atoms with Gasteiger partial charge in [-0.1, -0.05) is 25.1 Å². The Hall–Kier alpha value is -2.30. The normalized spacial score (nSPS) is 20.7. The minimum Gasteiger partial charge on any atom is -0.497 e. The van der Waals surface area contributed by atoms with E-state index in [9.17, 15) is 9.59 Å². The lowest BCUT2D eigenvalue weighted by atomic mass is 9.68. The van der Waals surface area contributed by atoms with Crippen LogP contribution in [0.5, 0.6) is 11.5 Å². The molecule has 1 aliphatic carbocycles. The molecule has 1 aliphatic rings. The molecule has 0 heterocycles. The molecule has 0 N–H and O–H groups in total. The molecule has 1 aromatic rings. The van der Waals surface area contributed by atoms with Crippen molar-refractivity contribution in [3.05, 3.63) is 36.4 Å². The Morgan fingerprint density at radius 1 is 1.30 bits per heavy atom. The number of methoxy groups -OCH3 is 2. The van der Waals surface area contributed by atoms with Gasteiger partial charge in [0.2, 0.25) is 0 Å². The maximum absolute atomic E-state index is 12.7. The number of benzene rings is 1. The molecule has 0 aromatic heterocycles. The number of carbonyl (C=O) groups excluding carboxylic acids is 2. The van der Waals surface area contributed by atoms with Crippen molar-refractivity contribution in [2.75, 3.05) is 20.8 Å². The summed E-state index contributed by atoms with van der Waals surface area (Å²) in [6.45, 7) is 3.62. The van der Waals surface area contributed by atoms with Crippen molar-refractivity contribution in [2.45, 2.75) is 31.1 Å². The SMILES string of the molecule is C=CCOC(=O)C1(c2ccc(OC)cc2OC)CCCCC1=O. The highest BCUT2D eigenvalue weighted by Gasteiger charge is 2.51. The summed E-state index contributed by atoms with van der Waals surface area (Å²) in [6, 6.07) is 5.12. The highest BCUT2D eigenvalue weighted by molar-refractivity contribution is 6.10. The van der Waals surface area contributed by atoms with E-state index in [-0.39, 0.29) is 12.4 Å². The number of hydrogen-bond acceptors (Lipinski definition) is 5. The van der Waals surface area contributed by atoms with Crippen molar-refractivity contribution < 1.29 is 23.8 Å². The summed E-state index contributed by atoms with van der Waals surface area (Å²) < 4.78 is 15.8. The van der Waals surface area contributed by atoms with Gasteiger partial charge in [-0.15, -0.1) is 0 Å². The summed E-state index contributed by atoms with van der Waals surface area (Å²) in [6.07, 6.45) is 3.84. The molecule has 0 amide bonds. The summed E-state index contributed by atoms with van der Waals surface area (Å²) in [4.78, 5) is 25.5. The molecular weight excluding hydrogens is 296 g/mol. The fourth-order valence-corrected chi connectivity index (χ4v) is 3.05. The Labute approximate surface area is 136 Å². The molecule has 1 aromatic carbocycles. The van der Waals surface area contributed by atoms with E-state index in [0.717, 1.165) is 12.8 Å².